The second kappa shape index (κ2) is 6.79. The number of nitrogens with one attached hydrogen (secondary N) is 1. The standard InChI is InChI=1S/C16H23BrN2O2/c1-16(2,13-7-3-4-8-14(13)17)11-18-15(21)19-9-5-6-12(19)10-20/h3-4,7-8,12,20H,5-6,9-11H2,1-2H3,(H,18,21)/t12-/m1/s1. The summed E-state index contributed by atoms with van der Waals surface area (Å²) in [4.78, 5) is 14.0. The van der Waals surface area contributed by atoms with E-state index in [-0.39, 0.29) is 24.1 Å². The highest BCUT2D eigenvalue weighted by Gasteiger charge is 2.30. The third kappa shape index (κ3) is 3.77. The molecule has 1 aromatic rings. The Kier molecular flexibility index (Phi) is 5.27. The van der Waals surface area contributed by atoms with Crippen molar-refractivity contribution in [2.24, 2.45) is 0 Å². The number of amides is 2. The fourth-order valence-corrected chi connectivity index (χ4v) is 3.62. The number of urea groups is 1. The highest BCUT2D eigenvalue weighted by Crippen LogP contribution is 2.29. The van der Waals surface area contributed by atoms with Crippen LogP contribution in [0.5, 0.6) is 0 Å². The van der Waals surface area contributed by atoms with Gasteiger partial charge in [-0.1, -0.05) is 48.0 Å². The summed E-state index contributed by atoms with van der Waals surface area (Å²) in [5.41, 5.74) is 1.01. The van der Waals surface area contributed by atoms with Gasteiger partial charge in [-0.25, -0.2) is 4.79 Å². The molecule has 0 radical (unpaired) electrons. The van der Waals surface area contributed by atoms with Crippen LogP contribution in [0, 0.1) is 0 Å². The first kappa shape index (κ1) is 16.3. The lowest BCUT2D eigenvalue weighted by molar-refractivity contribution is 0.156. The lowest BCUT2D eigenvalue weighted by Crippen LogP contribution is -2.47. The number of carbonyl (C=O) groups excluding carboxylic acids is 1. The molecule has 2 amide bonds. The van der Waals surface area contributed by atoms with Gasteiger partial charge in [0.2, 0.25) is 0 Å². The molecule has 1 atom stereocenters. The summed E-state index contributed by atoms with van der Waals surface area (Å²) in [7, 11) is 0. The number of nitrogens with zero attached hydrogens (tertiary/aromatic N) is 1. The maximum Gasteiger partial charge on any atom is 0.317 e. The molecule has 0 aromatic heterocycles. The van der Waals surface area contributed by atoms with Crippen LogP contribution in [0.15, 0.2) is 28.7 Å². The van der Waals surface area contributed by atoms with Crippen molar-refractivity contribution >= 4 is 22.0 Å². The number of halogens is 1. The molecule has 0 aliphatic carbocycles. The Balaban J connectivity index is 1.98. The number of benzene rings is 1. The zero-order valence-corrected chi connectivity index (χ0v) is 14.2. The largest absolute Gasteiger partial charge is 0.394 e. The lowest BCUT2D eigenvalue weighted by Gasteiger charge is -2.29. The summed E-state index contributed by atoms with van der Waals surface area (Å²) in [6.07, 6.45) is 1.85. The fraction of sp³-hybridized carbons (Fsp3) is 0.562. The fourth-order valence-electron chi connectivity index (χ4n) is 2.80. The number of aliphatic hydroxyl groups is 1. The minimum absolute atomic E-state index is 0.0310. The van der Waals surface area contributed by atoms with Crippen molar-refractivity contribution in [2.75, 3.05) is 19.7 Å². The van der Waals surface area contributed by atoms with Crippen molar-refractivity contribution in [1.82, 2.24) is 10.2 Å². The van der Waals surface area contributed by atoms with Gasteiger partial charge in [-0.15, -0.1) is 0 Å². The number of carbonyl (C=O) groups is 1. The van der Waals surface area contributed by atoms with Crippen LogP contribution in [0.1, 0.15) is 32.3 Å². The minimum atomic E-state index is -0.163. The molecule has 0 bridgehead atoms. The van der Waals surface area contributed by atoms with Crippen LogP contribution in [0.2, 0.25) is 0 Å². The number of hydrogen-bond acceptors (Lipinski definition) is 2. The minimum Gasteiger partial charge on any atom is -0.394 e. The van der Waals surface area contributed by atoms with Crippen LogP contribution in [-0.4, -0.2) is 41.8 Å². The molecule has 1 aliphatic rings. The van der Waals surface area contributed by atoms with Gasteiger partial charge in [0.15, 0.2) is 0 Å². The molecular weight excluding hydrogens is 332 g/mol. The maximum atomic E-state index is 12.3. The number of aliphatic hydroxyl groups excluding tert-OH is 1. The molecular formula is C16H23BrN2O2. The third-order valence-electron chi connectivity index (χ3n) is 4.13. The molecule has 116 valence electrons. The molecule has 1 aliphatic heterocycles. The Morgan fingerprint density at radius 1 is 1.48 bits per heavy atom. The van der Waals surface area contributed by atoms with Gasteiger partial charge in [0.1, 0.15) is 0 Å². The predicted molar refractivity (Wildman–Crippen MR) is 87.4 cm³/mol. The monoisotopic (exact) mass is 354 g/mol. The predicted octanol–water partition coefficient (Wildman–Crippen LogP) is 2.89. The quantitative estimate of drug-likeness (QED) is 0.873. The molecule has 2 N–H and O–H groups in total. The van der Waals surface area contributed by atoms with Crippen molar-refractivity contribution < 1.29 is 9.90 Å². The van der Waals surface area contributed by atoms with Gasteiger partial charge < -0.3 is 15.3 Å². The molecule has 5 heteroatoms. The second-order valence-electron chi connectivity index (χ2n) is 6.19. The lowest BCUT2D eigenvalue weighted by atomic mass is 9.84. The third-order valence-corrected chi connectivity index (χ3v) is 4.82. The van der Waals surface area contributed by atoms with E-state index in [1.807, 2.05) is 18.2 Å². The van der Waals surface area contributed by atoms with E-state index in [1.165, 1.54) is 5.56 Å². The van der Waals surface area contributed by atoms with E-state index in [9.17, 15) is 9.90 Å². The topological polar surface area (TPSA) is 52.6 Å². The smallest absolute Gasteiger partial charge is 0.317 e. The van der Waals surface area contributed by atoms with Gasteiger partial charge in [0.25, 0.3) is 0 Å². The van der Waals surface area contributed by atoms with Crippen molar-refractivity contribution in [3.05, 3.63) is 34.3 Å². The second-order valence-corrected chi connectivity index (χ2v) is 7.05. The summed E-state index contributed by atoms with van der Waals surface area (Å²) in [5, 5.41) is 12.3. The number of hydrogen-bond donors (Lipinski definition) is 2. The zero-order chi connectivity index (χ0) is 15.5. The van der Waals surface area contributed by atoms with E-state index in [0.29, 0.717) is 6.54 Å². The number of likely N-dealkylation sites (tertiary alicyclic amines) is 1. The van der Waals surface area contributed by atoms with Crippen molar-refractivity contribution in [3.63, 3.8) is 0 Å². The maximum absolute atomic E-state index is 12.3. The van der Waals surface area contributed by atoms with Gasteiger partial charge in [0, 0.05) is 23.0 Å². The van der Waals surface area contributed by atoms with E-state index in [0.717, 1.165) is 23.9 Å². The first-order chi connectivity index (χ1) is 9.95. The Morgan fingerprint density at radius 2 is 2.19 bits per heavy atom. The summed E-state index contributed by atoms with van der Waals surface area (Å²) >= 11 is 3.57. The molecule has 21 heavy (non-hydrogen) atoms. The Bertz CT molecular complexity index is 505. The van der Waals surface area contributed by atoms with Crippen molar-refractivity contribution in [2.45, 2.75) is 38.1 Å². The molecule has 1 aromatic carbocycles. The van der Waals surface area contributed by atoms with Gasteiger partial charge in [-0.2, -0.15) is 0 Å². The van der Waals surface area contributed by atoms with Crippen LogP contribution < -0.4 is 5.32 Å². The first-order valence-corrected chi connectivity index (χ1v) is 8.15. The van der Waals surface area contributed by atoms with Crippen LogP contribution in [0.4, 0.5) is 4.79 Å². The van der Waals surface area contributed by atoms with Gasteiger partial charge in [0.05, 0.1) is 12.6 Å². The summed E-state index contributed by atoms with van der Waals surface area (Å²) < 4.78 is 1.05. The molecule has 0 spiro atoms. The average molecular weight is 355 g/mol. The molecule has 4 nitrogen and oxygen atoms in total. The Hall–Kier alpha value is -1.07. The van der Waals surface area contributed by atoms with Gasteiger partial charge in [-0.3, -0.25) is 0 Å². The van der Waals surface area contributed by atoms with E-state index >= 15 is 0 Å². The summed E-state index contributed by atoms with van der Waals surface area (Å²) in [6.45, 7) is 5.55. The van der Waals surface area contributed by atoms with E-state index in [4.69, 9.17) is 0 Å². The SMILES string of the molecule is CC(C)(CNC(=O)N1CCC[C@@H]1CO)c1ccccc1Br. The van der Waals surface area contributed by atoms with Crippen LogP contribution in [0.25, 0.3) is 0 Å². The van der Waals surface area contributed by atoms with E-state index < -0.39 is 0 Å². The van der Waals surface area contributed by atoms with Crippen LogP contribution >= 0.6 is 15.9 Å². The molecule has 1 heterocycles. The highest BCUT2D eigenvalue weighted by atomic mass is 79.9. The summed E-state index contributed by atoms with van der Waals surface area (Å²) in [6, 6.07) is 7.97. The zero-order valence-electron chi connectivity index (χ0n) is 12.6. The number of rotatable bonds is 4. The van der Waals surface area contributed by atoms with Gasteiger partial charge in [-0.05, 0) is 24.5 Å². The highest BCUT2D eigenvalue weighted by molar-refractivity contribution is 9.10. The normalized spacial score (nSPS) is 18.9. The first-order valence-electron chi connectivity index (χ1n) is 7.36. The molecule has 2 rings (SSSR count). The Labute approximate surface area is 134 Å². The molecule has 1 saturated heterocycles. The molecule has 0 saturated carbocycles. The van der Waals surface area contributed by atoms with E-state index in [2.05, 4.69) is 41.2 Å². The van der Waals surface area contributed by atoms with Crippen molar-refractivity contribution in [3.8, 4) is 0 Å². The summed E-state index contributed by atoms with van der Waals surface area (Å²) in [5.74, 6) is 0. The molecule has 0 unspecified atom stereocenters. The van der Waals surface area contributed by atoms with Crippen molar-refractivity contribution in [1.29, 1.82) is 0 Å². The van der Waals surface area contributed by atoms with Crippen LogP contribution in [-0.2, 0) is 5.41 Å². The average Bonchev–Trinajstić information content (AvgIpc) is 2.93. The van der Waals surface area contributed by atoms with Gasteiger partial charge >= 0.3 is 6.03 Å². The van der Waals surface area contributed by atoms with E-state index in [1.54, 1.807) is 4.90 Å². The molecule has 1 fully saturated rings. The Morgan fingerprint density at radius 3 is 2.86 bits per heavy atom. The van der Waals surface area contributed by atoms with Crippen LogP contribution in [0.3, 0.4) is 0 Å².